The van der Waals surface area contributed by atoms with Crippen molar-refractivity contribution >= 4 is 16.7 Å². The summed E-state index contributed by atoms with van der Waals surface area (Å²) >= 11 is 0. The number of rotatable bonds is 5. The van der Waals surface area contributed by atoms with E-state index in [1.807, 2.05) is 19.1 Å². The van der Waals surface area contributed by atoms with Crippen LogP contribution in [-0.4, -0.2) is 25.8 Å². The van der Waals surface area contributed by atoms with Crippen molar-refractivity contribution in [2.45, 2.75) is 45.2 Å². The number of hydrogen-bond acceptors (Lipinski definition) is 6. The molecule has 0 radical (unpaired) electrons. The number of fused-ring (bicyclic) bond motifs is 1. The first kappa shape index (κ1) is 16.4. The Labute approximate surface area is 149 Å². The Morgan fingerprint density at radius 2 is 2.08 bits per heavy atom. The quantitative estimate of drug-likeness (QED) is 0.751. The van der Waals surface area contributed by atoms with Crippen molar-refractivity contribution in [1.29, 1.82) is 0 Å². The third-order valence-corrected chi connectivity index (χ3v) is 4.49. The number of carbonyl (C=O) groups excluding carboxylic acids is 1. The van der Waals surface area contributed by atoms with Crippen molar-refractivity contribution in [3.8, 4) is 0 Å². The van der Waals surface area contributed by atoms with Crippen LogP contribution in [0.5, 0.6) is 0 Å². The van der Waals surface area contributed by atoms with Gasteiger partial charge in [0.2, 0.25) is 11.8 Å². The lowest BCUT2D eigenvalue weighted by Gasteiger charge is -2.11. The van der Waals surface area contributed by atoms with Crippen LogP contribution in [0.25, 0.3) is 10.8 Å². The second-order valence-electron chi connectivity index (χ2n) is 6.65. The average Bonchev–Trinajstić information content (AvgIpc) is 3.36. The number of hydrogen-bond donors (Lipinski definition) is 1. The molecule has 0 unspecified atom stereocenters. The first-order valence-electron chi connectivity index (χ1n) is 8.62. The fraction of sp³-hybridized carbons (Fsp3) is 0.389. The molecule has 0 spiro atoms. The molecule has 0 aliphatic heterocycles. The van der Waals surface area contributed by atoms with Gasteiger partial charge in [0, 0.05) is 11.3 Å². The fourth-order valence-corrected chi connectivity index (χ4v) is 2.93. The van der Waals surface area contributed by atoms with Crippen molar-refractivity contribution in [1.82, 2.24) is 25.2 Å². The molecule has 1 fully saturated rings. The van der Waals surface area contributed by atoms with Gasteiger partial charge in [-0.05, 0) is 32.8 Å². The topological polar surface area (TPSA) is 103 Å². The molecule has 1 N–H and O–H groups in total. The van der Waals surface area contributed by atoms with Crippen LogP contribution in [-0.2, 0) is 11.3 Å². The van der Waals surface area contributed by atoms with Crippen LogP contribution < -0.4 is 10.9 Å². The fourth-order valence-electron chi connectivity index (χ4n) is 2.93. The molecular weight excluding hydrogens is 334 g/mol. The minimum absolute atomic E-state index is 0.168. The summed E-state index contributed by atoms with van der Waals surface area (Å²) in [5.41, 5.74) is 0.412. The van der Waals surface area contributed by atoms with E-state index in [0.29, 0.717) is 28.7 Å². The van der Waals surface area contributed by atoms with Crippen molar-refractivity contribution in [3.05, 3.63) is 52.0 Å². The number of carbonyl (C=O) groups is 1. The molecule has 1 aliphatic rings. The van der Waals surface area contributed by atoms with Crippen LogP contribution in [0.2, 0.25) is 0 Å². The molecule has 134 valence electrons. The molecule has 8 nitrogen and oxygen atoms in total. The molecule has 3 aromatic rings. The van der Waals surface area contributed by atoms with Crippen molar-refractivity contribution < 1.29 is 9.32 Å². The van der Waals surface area contributed by atoms with Gasteiger partial charge in [-0.25, -0.2) is 4.68 Å². The maximum atomic E-state index is 12.5. The Bertz CT molecular complexity index is 1030. The summed E-state index contributed by atoms with van der Waals surface area (Å²) in [5, 5.41) is 12.3. The summed E-state index contributed by atoms with van der Waals surface area (Å²) in [4.78, 5) is 29.2. The van der Waals surface area contributed by atoms with Gasteiger partial charge in [-0.1, -0.05) is 23.4 Å². The molecule has 4 rings (SSSR count). The molecule has 26 heavy (non-hydrogen) atoms. The number of amides is 1. The Morgan fingerprint density at radius 3 is 2.81 bits per heavy atom. The monoisotopic (exact) mass is 353 g/mol. The van der Waals surface area contributed by atoms with E-state index in [9.17, 15) is 9.59 Å². The highest BCUT2D eigenvalue weighted by Gasteiger charge is 2.29. The first-order chi connectivity index (χ1) is 12.5. The van der Waals surface area contributed by atoms with Gasteiger partial charge in [-0.2, -0.15) is 10.1 Å². The van der Waals surface area contributed by atoms with Gasteiger partial charge in [0.25, 0.3) is 5.56 Å². The highest BCUT2D eigenvalue weighted by molar-refractivity contribution is 5.83. The van der Waals surface area contributed by atoms with E-state index in [4.69, 9.17) is 4.52 Å². The van der Waals surface area contributed by atoms with E-state index in [-0.39, 0.29) is 18.0 Å². The van der Waals surface area contributed by atoms with Crippen LogP contribution in [0.1, 0.15) is 49.1 Å². The molecule has 1 amide bonds. The maximum Gasteiger partial charge on any atom is 0.275 e. The van der Waals surface area contributed by atoms with Crippen LogP contribution in [0.4, 0.5) is 0 Å². The van der Waals surface area contributed by atoms with Crippen molar-refractivity contribution in [3.63, 3.8) is 0 Å². The second kappa shape index (κ2) is 6.36. The summed E-state index contributed by atoms with van der Waals surface area (Å²) in [7, 11) is 0. The molecule has 2 heterocycles. The lowest BCUT2D eigenvalue weighted by atomic mass is 10.1. The zero-order valence-corrected chi connectivity index (χ0v) is 14.6. The largest absolute Gasteiger partial charge is 0.343 e. The molecule has 1 atom stereocenters. The highest BCUT2D eigenvalue weighted by Crippen LogP contribution is 2.38. The van der Waals surface area contributed by atoms with Gasteiger partial charge in [-0.15, -0.1) is 0 Å². The van der Waals surface area contributed by atoms with Gasteiger partial charge in [0.15, 0.2) is 5.82 Å². The van der Waals surface area contributed by atoms with Gasteiger partial charge in [-0.3, -0.25) is 9.59 Å². The standard InChI is InChI=1S/C18H19N5O3/c1-10-13-5-3-4-6-14(13)18(25)23(21-10)9-15(24)19-11(2)17-20-16(22-26-17)12-7-8-12/h3-6,11-12H,7-9H2,1-2H3,(H,19,24)/t11-/m0/s1. The third kappa shape index (κ3) is 3.10. The smallest absolute Gasteiger partial charge is 0.275 e. The second-order valence-corrected chi connectivity index (χ2v) is 6.65. The lowest BCUT2D eigenvalue weighted by Crippen LogP contribution is -2.35. The van der Waals surface area contributed by atoms with E-state index in [1.165, 1.54) is 4.68 Å². The Morgan fingerprint density at radius 1 is 1.35 bits per heavy atom. The maximum absolute atomic E-state index is 12.5. The number of nitrogens with one attached hydrogen (secondary N) is 1. The third-order valence-electron chi connectivity index (χ3n) is 4.49. The zero-order valence-electron chi connectivity index (χ0n) is 14.6. The van der Waals surface area contributed by atoms with Crippen LogP contribution in [0.15, 0.2) is 33.6 Å². The predicted molar refractivity (Wildman–Crippen MR) is 93.6 cm³/mol. The molecule has 0 saturated heterocycles. The van der Waals surface area contributed by atoms with Gasteiger partial charge >= 0.3 is 0 Å². The number of nitrogens with zero attached hydrogens (tertiary/aromatic N) is 4. The van der Waals surface area contributed by atoms with Gasteiger partial charge < -0.3 is 9.84 Å². The lowest BCUT2D eigenvalue weighted by molar-refractivity contribution is -0.122. The molecular formula is C18H19N5O3. The Balaban J connectivity index is 1.49. The van der Waals surface area contributed by atoms with Gasteiger partial charge in [0.05, 0.1) is 11.1 Å². The van der Waals surface area contributed by atoms with Crippen molar-refractivity contribution in [2.75, 3.05) is 0 Å². The van der Waals surface area contributed by atoms with Crippen LogP contribution in [0.3, 0.4) is 0 Å². The van der Waals surface area contributed by atoms with E-state index in [0.717, 1.165) is 18.2 Å². The molecule has 1 saturated carbocycles. The number of aromatic nitrogens is 4. The molecule has 1 aliphatic carbocycles. The first-order valence-corrected chi connectivity index (χ1v) is 8.62. The van der Waals surface area contributed by atoms with E-state index in [1.54, 1.807) is 19.1 Å². The molecule has 2 aromatic heterocycles. The summed E-state index contributed by atoms with van der Waals surface area (Å²) in [6.45, 7) is 3.42. The SMILES string of the molecule is Cc1nn(CC(=O)N[C@@H](C)c2nc(C3CC3)no2)c(=O)c2ccccc12. The van der Waals surface area contributed by atoms with Crippen LogP contribution >= 0.6 is 0 Å². The van der Waals surface area contributed by atoms with E-state index in [2.05, 4.69) is 20.6 Å². The predicted octanol–water partition coefficient (Wildman–Crippen LogP) is 1.84. The molecule has 1 aromatic carbocycles. The van der Waals surface area contributed by atoms with Gasteiger partial charge in [0.1, 0.15) is 12.6 Å². The normalized spacial score (nSPS) is 15.2. The van der Waals surface area contributed by atoms with Crippen LogP contribution in [0, 0.1) is 6.92 Å². The molecule has 8 heteroatoms. The highest BCUT2D eigenvalue weighted by atomic mass is 16.5. The van der Waals surface area contributed by atoms with Crippen molar-refractivity contribution in [2.24, 2.45) is 0 Å². The Kier molecular flexibility index (Phi) is 4.02. The summed E-state index contributed by atoms with van der Waals surface area (Å²) < 4.78 is 6.40. The zero-order chi connectivity index (χ0) is 18.3. The number of aryl methyl sites for hydroxylation is 1. The summed E-state index contributed by atoms with van der Waals surface area (Å²) in [5.74, 6) is 1.12. The Hall–Kier alpha value is -3.03. The summed E-state index contributed by atoms with van der Waals surface area (Å²) in [6.07, 6.45) is 2.16. The van der Waals surface area contributed by atoms with E-state index < -0.39 is 6.04 Å². The number of benzene rings is 1. The minimum atomic E-state index is -0.431. The van der Waals surface area contributed by atoms with E-state index >= 15 is 0 Å². The summed E-state index contributed by atoms with van der Waals surface area (Å²) in [6, 6.07) is 6.80. The minimum Gasteiger partial charge on any atom is -0.343 e. The average molecular weight is 353 g/mol. The molecule has 0 bridgehead atoms.